The number of para-hydroxylation sites is 1. The molecule has 0 saturated carbocycles. The van der Waals surface area contributed by atoms with Crippen molar-refractivity contribution in [3.8, 4) is 5.69 Å². The maximum absolute atomic E-state index is 13.7. The lowest BCUT2D eigenvalue weighted by molar-refractivity contribution is 0.0997. The molecule has 284 valence electrons. The topological polar surface area (TPSA) is 127 Å². The second kappa shape index (κ2) is 15.9. The van der Waals surface area contributed by atoms with Gasteiger partial charge in [0.05, 0.1) is 34.7 Å². The van der Waals surface area contributed by atoms with E-state index in [9.17, 15) is 14.4 Å². The molecular weight excluding hydrogens is 715 g/mol. The van der Waals surface area contributed by atoms with Crippen molar-refractivity contribution in [2.75, 3.05) is 17.2 Å². The molecule has 3 heterocycles. The molecular formula is C46H41N7O4. The molecule has 0 aliphatic rings. The molecule has 0 unspecified atom stereocenters. The molecule has 2 N–H and O–H groups in total. The summed E-state index contributed by atoms with van der Waals surface area (Å²) in [6.07, 6.45) is 8.21. The van der Waals surface area contributed by atoms with Crippen LogP contribution in [0.3, 0.4) is 0 Å². The number of benzene rings is 5. The predicted octanol–water partition coefficient (Wildman–Crippen LogP) is 8.23. The molecule has 0 saturated heterocycles. The fourth-order valence-electron chi connectivity index (χ4n) is 6.97. The van der Waals surface area contributed by atoms with Crippen LogP contribution in [0.1, 0.15) is 48.7 Å². The van der Waals surface area contributed by atoms with E-state index in [1.807, 2.05) is 66.8 Å². The van der Waals surface area contributed by atoms with Crippen molar-refractivity contribution in [2.45, 2.75) is 33.4 Å². The Morgan fingerprint density at radius 1 is 0.789 bits per heavy atom. The first-order valence-electron chi connectivity index (χ1n) is 18.7. The molecule has 0 radical (unpaired) electrons. The SMILES string of the molecule is Cc1cc(NC(=O)c2cc(=O)c3ccccc3o2)c(C(=O)Nc2ccc(CCN(Cc3ccc(-n4ccnc4)cc3)Cc3ccc4c(cnn4C)c3)cc2)cc1C. The van der Waals surface area contributed by atoms with Crippen LogP contribution in [-0.4, -0.2) is 42.6 Å². The number of hydrogen-bond acceptors (Lipinski definition) is 7. The van der Waals surface area contributed by atoms with Gasteiger partial charge < -0.3 is 19.6 Å². The summed E-state index contributed by atoms with van der Waals surface area (Å²) in [6, 6.07) is 34.3. The summed E-state index contributed by atoms with van der Waals surface area (Å²) in [5, 5.41) is 11.7. The van der Waals surface area contributed by atoms with Crippen LogP contribution in [0, 0.1) is 13.8 Å². The Hall–Kier alpha value is -7.11. The number of nitrogens with one attached hydrogen (secondary N) is 2. The van der Waals surface area contributed by atoms with Crippen molar-refractivity contribution in [2.24, 2.45) is 7.05 Å². The Bertz CT molecular complexity index is 2790. The minimum atomic E-state index is -0.627. The number of amides is 2. The number of aromatic nitrogens is 4. The van der Waals surface area contributed by atoms with E-state index in [2.05, 4.69) is 68.1 Å². The van der Waals surface area contributed by atoms with Gasteiger partial charge >= 0.3 is 0 Å². The van der Waals surface area contributed by atoms with Gasteiger partial charge in [-0.05, 0) is 109 Å². The van der Waals surface area contributed by atoms with Gasteiger partial charge in [0.25, 0.3) is 11.8 Å². The van der Waals surface area contributed by atoms with Gasteiger partial charge in [-0.25, -0.2) is 4.98 Å². The third-order valence-electron chi connectivity index (χ3n) is 10.3. The van der Waals surface area contributed by atoms with Crippen LogP contribution in [0.25, 0.3) is 27.6 Å². The number of rotatable bonds is 12. The summed E-state index contributed by atoms with van der Waals surface area (Å²) in [6.45, 7) is 6.16. The average Bonchev–Trinajstić information content (AvgIpc) is 3.89. The summed E-state index contributed by atoms with van der Waals surface area (Å²) in [5.74, 6) is -1.15. The van der Waals surface area contributed by atoms with Crippen molar-refractivity contribution in [1.29, 1.82) is 0 Å². The van der Waals surface area contributed by atoms with E-state index in [1.54, 1.807) is 48.9 Å². The zero-order valence-electron chi connectivity index (χ0n) is 31.9. The second-order valence-corrected chi connectivity index (χ2v) is 14.3. The van der Waals surface area contributed by atoms with Crippen LogP contribution in [0.2, 0.25) is 0 Å². The first-order valence-corrected chi connectivity index (χ1v) is 18.7. The van der Waals surface area contributed by atoms with Crippen molar-refractivity contribution in [3.63, 3.8) is 0 Å². The van der Waals surface area contributed by atoms with E-state index in [4.69, 9.17) is 4.42 Å². The zero-order valence-corrected chi connectivity index (χ0v) is 31.9. The van der Waals surface area contributed by atoms with E-state index in [1.165, 1.54) is 17.2 Å². The Labute approximate surface area is 329 Å². The number of imidazole rings is 1. The van der Waals surface area contributed by atoms with E-state index in [-0.39, 0.29) is 22.7 Å². The molecule has 0 atom stereocenters. The second-order valence-electron chi connectivity index (χ2n) is 14.3. The quantitative estimate of drug-likeness (QED) is 0.129. The number of aryl methyl sites for hydroxylation is 3. The van der Waals surface area contributed by atoms with Crippen molar-refractivity contribution in [1.82, 2.24) is 24.2 Å². The van der Waals surface area contributed by atoms with Crippen molar-refractivity contribution >= 4 is 45.1 Å². The fraction of sp³-hybridized carbons (Fsp3) is 0.152. The molecule has 2 amide bonds. The number of anilines is 2. The maximum Gasteiger partial charge on any atom is 0.291 e. The number of fused-ring (bicyclic) bond motifs is 2. The highest BCUT2D eigenvalue weighted by atomic mass is 16.3. The van der Waals surface area contributed by atoms with Crippen LogP contribution < -0.4 is 16.1 Å². The smallest absolute Gasteiger partial charge is 0.291 e. The Kier molecular flexibility index (Phi) is 10.3. The Balaban J connectivity index is 0.954. The zero-order chi connectivity index (χ0) is 39.5. The third-order valence-corrected chi connectivity index (χ3v) is 10.3. The van der Waals surface area contributed by atoms with Crippen LogP contribution >= 0.6 is 0 Å². The van der Waals surface area contributed by atoms with Gasteiger partial charge in [-0.1, -0.05) is 42.5 Å². The van der Waals surface area contributed by atoms with Crippen LogP contribution in [0.15, 0.2) is 143 Å². The van der Waals surface area contributed by atoms with Gasteiger partial charge in [-0.2, -0.15) is 5.10 Å². The molecule has 0 aliphatic carbocycles. The highest BCUT2D eigenvalue weighted by molar-refractivity contribution is 6.12. The fourth-order valence-corrected chi connectivity index (χ4v) is 6.97. The number of carbonyl (C=O) groups excluding carboxylic acids is 2. The highest BCUT2D eigenvalue weighted by Gasteiger charge is 2.19. The summed E-state index contributed by atoms with van der Waals surface area (Å²) in [4.78, 5) is 46.3. The standard InChI is InChI=1S/C46H41N7O4/c1-30-22-39(40(23-31(30)2)50-46(56)44-25-42(54)38-6-4-5-7-43(38)57-44)45(55)49-36-13-8-32(9-14-36)18-20-52(28-34-12-17-41-35(24-34)26-48-51(41)3)27-33-10-15-37(16-11-33)53-21-19-47-29-53/h4-17,19,21-26,29H,18,20,27-28H2,1-3H3,(H,49,55)(H,50,56). The van der Waals surface area contributed by atoms with Gasteiger partial charge in [0.1, 0.15) is 5.58 Å². The summed E-state index contributed by atoms with van der Waals surface area (Å²) in [5.41, 5.74) is 8.72. The van der Waals surface area contributed by atoms with Gasteiger partial charge in [0.15, 0.2) is 11.2 Å². The minimum absolute atomic E-state index is 0.143. The third kappa shape index (κ3) is 8.29. The molecule has 5 aromatic carbocycles. The molecule has 8 rings (SSSR count). The van der Waals surface area contributed by atoms with Crippen LogP contribution in [0.4, 0.5) is 11.4 Å². The summed E-state index contributed by atoms with van der Waals surface area (Å²) in [7, 11) is 1.95. The van der Waals surface area contributed by atoms with Gasteiger partial charge in [-0.3, -0.25) is 24.0 Å². The number of nitrogens with zero attached hydrogens (tertiary/aromatic N) is 5. The van der Waals surface area contributed by atoms with Crippen molar-refractivity contribution < 1.29 is 14.0 Å². The van der Waals surface area contributed by atoms with Gasteiger partial charge in [0, 0.05) is 61.9 Å². The lowest BCUT2D eigenvalue weighted by atomic mass is 10.0. The Morgan fingerprint density at radius 2 is 1.53 bits per heavy atom. The molecule has 57 heavy (non-hydrogen) atoms. The molecule has 3 aromatic heterocycles. The van der Waals surface area contributed by atoms with Crippen LogP contribution in [-0.2, 0) is 26.6 Å². The molecule has 0 bridgehead atoms. The Morgan fingerprint density at radius 3 is 2.32 bits per heavy atom. The largest absolute Gasteiger partial charge is 0.451 e. The molecule has 0 spiro atoms. The molecule has 11 heteroatoms. The van der Waals surface area contributed by atoms with Crippen molar-refractivity contribution in [3.05, 3.63) is 183 Å². The van der Waals surface area contributed by atoms with E-state index in [0.29, 0.717) is 22.3 Å². The monoisotopic (exact) mass is 755 g/mol. The predicted molar refractivity (Wildman–Crippen MR) is 223 cm³/mol. The van der Waals surface area contributed by atoms with Crippen LogP contribution in [0.5, 0.6) is 0 Å². The van der Waals surface area contributed by atoms with Gasteiger partial charge in [0.2, 0.25) is 0 Å². The first kappa shape index (κ1) is 36.8. The van der Waals surface area contributed by atoms with E-state index in [0.717, 1.165) is 59.3 Å². The molecule has 0 fully saturated rings. The lowest BCUT2D eigenvalue weighted by Crippen LogP contribution is -2.25. The average molecular weight is 756 g/mol. The molecule has 8 aromatic rings. The van der Waals surface area contributed by atoms with Gasteiger partial charge in [-0.15, -0.1) is 0 Å². The number of hydrogen-bond donors (Lipinski definition) is 2. The normalized spacial score (nSPS) is 11.4. The summed E-state index contributed by atoms with van der Waals surface area (Å²) >= 11 is 0. The summed E-state index contributed by atoms with van der Waals surface area (Å²) < 4.78 is 9.62. The van der Waals surface area contributed by atoms with E-state index >= 15 is 0 Å². The molecule has 0 aliphatic heterocycles. The lowest BCUT2D eigenvalue weighted by Gasteiger charge is -2.23. The highest BCUT2D eigenvalue weighted by Crippen LogP contribution is 2.25. The van der Waals surface area contributed by atoms with E-state index < -0.39 is 5.91 Å². The first-order chi connectivity index (χ1) is 27.7. The minimum Gasteiger partial charge on any atom is -0.451 e. The molecule has 11 nitrogen and oxygen atoms in total. The number of carbonyl (C=O) groups is 2. The maximum atomic E-state index is 13.7.